The van der Waals surface area contributed by atoms with Crippen molar-refractivity contribution in [2.75, 3.05) is 6.54 Å². The highest BCUT2D eigenvalue weighted by Crippen LogP contribution is 2.33. The highest BCUT2D eigenvalue weighted by Gasteiger charge is 2.35. The number of hydrogen-bond donors (Lipinski definition) is 0. The van der Waals surface area contributed by atoms with Gasteiger partial charge in [-0.2, -0.15) is 0 Å². The van der Waals surface area contributed by atoms with E-state index in [2.05, 4.69) is 59.0 Å². The average Bonchev–Trinajstić information content (AvgIpc) is 2.44. The van der Waals surface area contributed by atoms with Gasteiger partial charge in [-0.25, -0.2) is 9.97 Å². The molecule has 0 saturated carbocycles. The first-order valence-electron chi connectivity index (χ1n) is 6.76. The van der Waals surface area contributed by atoms with E-state index in [0.717, 1.165) is 19.5 Å². The second-order valence-corrected chi connectivity index (χ2v) is 5.61. The maximum atomic E-state index is 4.51. The molecule has 1 aromatic heterocycles. The Kier molecular flexibility index (Phi) is 3.07. The number of fused-ring (bicyclic) bond motifs is 1. The van der Waals surface area contributed by atoms with Crippen LogP contribution in [0.1, 0.15) is 30.7 Å². The van der Waals surface area contributed by atoms with Gasteiger partial charge < -0.3 is 0 Å². The van der Waals surface area contributed by atoms with Crippen LogP contribution in [0, 0.1) is 0 Å². The molecule has 0 saturated heterocycles. The summed E-state index contributed by atoms with van der Waals surface area (Å²) in [6, 6.07) is 10.6. The van der Waals surface area contributed by atoms with Crippen molar-refractivity contribution in [2.24, 2.45) is 0 Å². The van der Waals surface area contributed by atoms with Crippen molar-refractivity contribution in [3.05, 3.63) is 59.7 Å². The Morgan fingerprint density at radius 2 is 2.00 bits per heavy atom. The molecule has 0 bridgehead atoms. The summed E-state index contributed by atoms with van der Waals surface area (Å²) in [4.78, 5) is 11.2. The van der Waals surface area contributed by atoms with Gasteiger partial charge in [-0.1, -0.05) is 30.3 Å². The van der Waals surface area contributed by atoms with Crippen LogP contribution in [-0.4, -0.2) is 21.4 Å². The minimum Gasteiger partial charge on any atom is -0.288 e. The van der Waals surface area contributed by atoms with Crippen molar-refractivity contribution >= 4 is 0 Å². The third-order valence-corrected chi connectivity index (χ3v) is 4.03. The van der Waals surface area contributed by atoms with Gasteiger partial charge in [0.2, 0.25) is 0 Å². The van der Waals surface area contributed by atoms with Gasteiger partial charge in [0, 0.05) is 19.3 Å². The van der Waals surface area contributed by atoms with Crippen molar-refractivity contribution in [3.63, 3.8) is 0 Å². The quantitative estimate of drug-likeness (QED) is 0.824. The van der Waals surface area contributed by atoms with Crippen LogP contribution in [0.25, 0.3) is 0 Å². The summed E-state index contributed by atoms with van der Waals surface area (Å²) in [5.74, 6) is 0. The Hall–Kier alpha value is -1.74. The Bertz CT molecular complexity index is 563. The summed E-state index contributed by atoms with van der Waals surface area (Å²) in [6.45, 7) is 6.53. The summed E-state index contributed by atoms with van der Waals surface area (Å²) in [5, 5.41) is 0. The Balaban J connectivity index is 1.89. The zero-order chi connectivity index (χ0) is 13.3. The minimum absolute atomic E-state index is 0.0354. The summed E-state index contributed by atoms with van der Waals surface area (Å²) >= 11 is 0. The SMILES string of the molecule is CC1(C)c2ncncc2CCN1Cc1ccccc1. The van der Waals surface area contributed by atoms with Crippen LogP contribution in [0.3, 0.4) is 0 Å². The molecule has 0 fully saturated rings. The van der Waals surface area contributed by atoms with E-state index in [1.165, 1.54) is 16.8 Å². The van der Waals surface area contributed by atoms with Gasteiger partial charge in [0.1, 0.15) is 6.33 Å². The third kappa shape index (κ3) is 2.26. The summed E-state index contributed by atoms with van der Waals surface area (Å²) in [5.41, 5.74) is 3.78. The van der Waals surface area contributed by atoms with Crippen LogP contribution in [-0.2, 0) is 18.5 Å². The van der Waals surface area contributed by atoms with Crippen LogP contribution >= 0.6 is 0 Å². The molecule has 98 valence electrons. The predicted molar refractivity (Wildman–Crippen MR) is 75.6 cm³/mol. The van der Waals surface area contributed by atoms with E-state index in [-0.39, 0.29) is 5.54 Å². The highest BCUT2D eigenvalue weighted by atomic mass is 15.2. The monoisotopic (exact) mass is 253 g/mol. The fraction of sp³-hybridized carbons (Fsp3) is 0.375. The van der Waals surface area contributed by atoms with Crippen LogP contribution in [0.15, 0.2) is 42.9 Å². The molecule has 3 rings (SSSR count). The van der Waals surface area contributed by atoms with Gasteiger partial charge in [-0.15, -0.1) is 0 Å². The van der Waals surface area contributed by atoms with E-state index in [0.29, 0.717) is 0 Å². The molecule has 0 radical (unpaired) electrons. The van der Waals surface area contributed by atoms with Crippen LogP contribution in [0.5, 0.6) is 0 Å². The van der Waals surface area contributed by atoms with Crippen molar-refractivity contribution in [1.82, 2.24) is 14.9 Å². The Labute approximate surface area is 114 Å². The summed E-state index contributed by atoms with van der Waals surface area (Å²) in [6.07, 6.45) is 4.66. The van der Waals surface area contributed by atoms with Crippen LogP contribution in [0.4, 0.5) is 0 Å². The molecule has 0 amide bonds. The van der Waals surface area contributed by atoms with Crippen molar-refractivity contribution < 1.29 is 0 Å². The lowest BCUT2D eigenvalue weighted by Gasteiger charge is -2.42. The second kappa shape index (κ2) is 4.74. The fourth-order valence-electron chi connectivity index (χ4n) is 2.86. The molecule has 1 aliphatic rings. The minimum atomic E-state index is -0.0354. The lowest BCUT2D eigenvalue weighted by Crippen LogP contribution is -2.46. The summed E-state index contributed by atoms with van der Waals surface area (Å²) in [7, 11) is 0. The number of benzene rings is 1. The van der Waals surface area contributed by atoms with E-state index < -0.39 is 0 Å². The first-order chi connectivity index (χ1) is 9.18. The second-order valence-electron chi connectivity index (χ2n) is 5.61. The lowest BCUT2D eigenvalue weighted by atomic mass is 9.88. The molecule has 1 aliphatic heterocycles. The van der Waals surface area contributed by atoms with Gasteiger partial charge in [0.05, 0.1) is 11.2 Å². The average molecular weight is 253 g/mol. The molecule has 3 heteroatoms. The zero-order valence-electron chi connectivity index (χ0n) is 11.5. The molecule has 0 spiro atoms. The van der Waals surface area contributed by atoms with E-state index in [9.17, 15) is 0 Å². The number of aromatic nitrogens is 2. The van der Waals surface area contributed by atoms with Gasteiger partial charge in [0.15, 0.2) is 0 Å². The van der Waals surface area contributed by atoms with E-state index in [1.54, 1.807) is 6.33 Å². The smallest absolute Gasteiger partial charge is 0.115 e. The fourth-order valence-corrected chi connectivity index (χ4v) is 2.86. The standard InChI is InChI=1S/C16H19N3/c1-16(2)15-14(10-17-12-18-15)8-9-19(16)11-13-6-4-3-5-7-13/h3-7,10,12H,8-9,11H2,1-2H3. The highest BCUT2D eigenvalue weighted by molar-refractivity contribution is 5.27. The molecular formula is C16H19N3. The molecule has 0 atom stereocenters. The zero-order valence-corrected chi connectivity index (χ0v) is 11.5. The molecule has 2 aromatic rings. The van der Waals surface area contributed by atoms with Gasteiger partial charge in [-0.05, 0) is 31.4 Å². The van der Waals surface area contributed by atoms with Crippen LogP contribution in [0.2, 0.25) is 0 Å². The molecule has 2 heterocycles. The Morgan fingerprint density at radius 3 is 2.79 bits per heavy atom. The molecule has 19 heavy (non-hydrogen) atoms. The van der Waals surface area contributed by atoms with Gasteiger partial charge >= 0.3 is 0 Å². The largest absolute Gasteiger partial charge is 0.288 e. The van der Waals surface area contributed by atoms with Gasteiger partial charge in [-0.3, -0.25) is 4.90 Å². The molecule has 3 nitrogen and oxygen atoms in total. The summed E-state index contributed by atoms with van der Waals surface area (Å²) < 4.78 is 0. The molecule has 1 aromatic carbocycles. The first-order valence-corrected chi connectivity index (χ1v) is 6.76. The number of hydrogen-bond acceptors (Lipinski definition) is 3. The molecular weight excluding hydrogens is 234 g/mol. The number of nitrogens with zero attached hydrogens (tertiary/aromatic N) is 3. The maximum Gasteiger partial charge on any atom is 0.115 e. The molecule has 0 aliphatic carbocycles. The van der Waals surface area contributed by atoms with E-state index in [4.69, 9.17) is 0 Å². The topological polar surface area (TPSA) is 29.0 Å². The third-order valence-electron chi connectivity index (χ3n) is 4.03. The Morgan fingerprint density at radius 1 is 1.21 bits per heavy atom. The maximum absolute atomic E-state index is 4.51. The molecule has 0 N–H and O–H groups in total. The lowest BCUT2D eigenvalue weighted by molar-refractivity contribution is 0.0933. The van der Waals surface area contributed by atoms with Crippen molar-refractivity contribution in [1.29, 1.82) is 0 Å². The van der Waals surface area contributed by atoms with Crippen molar-refractivity contribution in [3.8, 4) is 0 Å². The van der Waals surface area contributed by atoms with Crippen LogP contribution < -0.4 is 0 Å². The number of rotatable bonds is 2. The normalized spacial score (nSPS) is 18.0. The van der Waals surface area contributed by atoms with E-state index in [1.807, 2.05) is 6.20 Å². The first kappa shape index (κ1) is 12.3. The predicted octanol–water partition coefficient (Wildman–Crippen LogP) is 2.77. The van der Waals surface area contributed by atoms with Crippen molar-refractivity contribution in [2.45, 2.75) is 32.4 Å². The van der Waals surface area contributed by atoms with E-state index >= 15 is 0 Å². The molecule has 0 unspecified atom stereocenters. The van der Waals surface area contributed by atoms with Gasteiger partial charge in [0.25, 0.3) is 0 Å².